The normalized spacial score (nSPS) is 17.4. The van der Waals surface area contributed by atoms with Gasteiger partial charge in [-0.1, -0.05) is 0 Å². The van der Waals surface area contributed by atoms with Gasteiger partial charge in [0.05, 0.1) is 0 Å². The van der Waals surface area contributed by atoms with E-state index in [-0.39, 0.29) is 0 Å². The van der Waals surface area contributed by atoms with Gasteiger partial charge in [-0.15, -0.1) is 0 Å². The van der Waals surface area contributed by atoms with E-state index in [9.17, 15) is 0 Å². The van der Waals surface area contributed by atoms with Crippen LogP contribution >= 0.6 is 15.8 Å². The van der Waals surface area contributed by atoms with Gasteiger partial charge in [-0.25, -0.2) is 0 Å². The van der Waals surface area contributed by atoms with Gasteiger partial charge in [0.15, 0.2) is 0 Å². The maximum absolute atomic E-state index is 2.79. The van der Waals surface area contributed by atoms with Crippen molar-refractivity contribution in [3.8, 4) is 0 Å². The van der Waals surface area contributed by atoms with Crippen molar-refractivity contribution < 1.29 is 0 Å². The molecule has 0 aromatic heterocycles. The summed E-state index contributed by atoms with van der Waals surface area (Å²) in [6.45, 7) is 8.52. The summed E-state index contributed by atoms with van der Waals surface area (Å²) in [5.74, 6) is 0. The van der Waals surface area contributed by atoms with Crippen LogP contribution in [0.25, 0.3) is 0 Å². The Morgan fingerprint density at radius 3 is 1.50 bits per heavy atom. The summed E-state index contributed by atoms with van der Waals surface area (Å²) in [6, 6.07) is 0. The van der Waals surface area contributed by atoms with Crippen LogP contribution in [0.2, 0.25) is 0 Å². The van der Waals surface area contributed by atoms with Gasteiger partial charge in [0, 0.05) is 0 Å². The molecule has 0 saturated heterocycles. The van der Waals surface area contributed by atoms with Crippen LogP contribution in [0.5, 0.6) is 0 Å². The van der Waals surface area contributed by atoms with E-state index in [2.05, 4.69) is 35.9 Å². The van der Waals surface area contributed by atoms with Crippen molar-refractivity contribution in [3.63, 3.8) is 0 Å². The van der Waals surface area contributed by atoms with Gasteiger partial charge in [0.1, 0.15) is 0 Å². The molecular formula is C6H18P2. The molecule has 0 heterocycles. The summed E-state index contributed by atoms with van der Waals surface area (Å²) in [5.41, 5.74) is 0. The monoisotopic (exact) mass is 152 g/mol. The van der Waals surface area contributed by atoms with E-state index in [0.29, 0.717) is 0 Å². The minimum atomic E-state index is -1.13. The number of rotatable bonds is 2. The standard InChI is InChI=1S/C6H18P2/c1-8(2,3,4)6-5-7/h5-7H2,1-4H3. The van der Waals surface area contributed by atoms with Gasteiger partial charge in [-0.05, 0) is 0 Å². The summed E-state index contributed by atoms with van der Waals surface area (Å²) in [7, 11) is 2.79. The summed E-state index contributed by atoms with van der Waals surface area (Å²) in [6.07, 6.45) is 2.66. The molecule has 0 saturated carbocycles. The zero-order valence-electron chi connectivity index (χ0n) is 6.44. The topological polar surface area (TPSA) is 0 Å². The van der Waals surface area contributed by atoms with Crippen LogP contribution in [0, 0.1) is 0 Å². The van der Waals surface area contributed by atoms with Crippen LogP contribution in [0.1, 0.15) is 0 Å². The second kappa shape index (κ2) is 2.24. The molecule has 1 unspecified atom stereocenters. The summed E-state index contributed by atoms with van der Waals surface area (Å²) in [4.78, 5) is 0. The Labute approximate surface area is 55.6 Å². The fraction of sp³-hybridized carbons (Fsp3) is 1.00. The third-order valence-electron chi connectivity index (χ3n) is 1.02. The van der Waals surface area contributed by atoms with Crippen LogP contribution in [0.4, 0.5) is 0 Å². The molecule has 2 heteroatoms. The molecule has 0 nitrogen and oxygen atoms in total. The van der Waals surface area contributed by atoms with Crippen molar-refractivity contribution in [1.29, 1.82) is 0 Å². The predicted molar refractivity (Wildman–Crippen MR) is 50.1 cm³/mol. The van der Waals surface area contributed by atoms with Crippen molar-refractivity contribution in [3.05, 3.63) is 0 Å². The molecule has 0 aliphatic rings. The van der Waals surface area contributed by atoms with Gasteiger partial charge < -0.3 is 0 Å². The Kier molecular flexibility index (Phi) is 2.48. The molecule has 0 aliphatic carbocycles. The zero-order chi connectivity index (χ0) is 6.86. The van der Waals surface area contributed by atoms with Crippen LogP contribution in [0.15, 0.2) is 0 Å². The quantitative estimate of drug-likeness (QED) is 0.530. The number of hydrogen-bond acceptors (Lipinski definition) is 0. The summed E-state index contributed by atoms with van der Waals surface area (Å²) < 4.78 is 0. The van der Waals surface area contributed by atoms with Crippen molar-refractivity contribution in [2.45, 2.75) is 0 Å². The first-order chi connectivity index (χ1) is 3.31. The van der Waals surface area contributed by atoms with E-state index in [0.717, 1.165) is 0 Å². The molecule has 0 bridgehead atoms. The van der Waals surface area contributed by atoms with Crippen LogP contribution in [-0.2, 0) is 0 Å². The van der Waals surface area contributed by atoms with E-state index in [1.54, 1.807) is 0 Å². The molecule has 0 amide bonds. The molecule has 0 aliphatic heterocycles. The van der Waals surface area contributed by atoms with Crippen molar-refractivity contribution in [2.75, 3.05) is 39.0 Å². The fourth-order valence-corrected chi connectivity index (χ4v) is 4.65. The predicted octanol–water partition coefficient (Wildman–Crippen LogP) is 1.93. The molecule has 0 spiro atoms. The van der Waals surface area contributed by atoms with Gasteiger partial charge in [0.2, 0.25) is 0 Å². The number of hydrogen-bond donors (Lipinski definition) is 0. The van der Waals surface area contributed by atoms with E-state index in [1.807, 2.05) is 0 Å². The molecule has 0 aromatic carbocycles. The Morgan fingerprint density at radius 1 is 1.12 bits per heavy atom. The summed E-state index contributed by atoms with van der Waals surface area (Å²) >= 11 is 0. The SMILES string of the molecule is CP(C)(C)(C)CCP. The molecule has 0 fully saturated rings. The molecule has 0 N–H and O–H groups in total. The Bertz CT molecular complexity index is 69.0. The Balaban J connectivity index is 3.73. The average Bonchev–Trinajstić information content (AvgIpc) is 1.25. The second-order valence-electron chi connectivity index (χ2n) is 4.46. The molecular weight excluding hydrogens is 134 g/mol. The molecule has 0 aromatic rings. The first kappa shape index (κ1) is 8.86. The summed E-state index contributed by atoms with van der Waals surface area (Å²) in [5, 5.41) is 0. The first-order valence-corrected chi connectivity index (χ1v) is 8.04. The van der Waals surface area contributed by atoms with E-state index in [1.165, 1.54) is 12.3 Å². The van der Waals surface area contributed by atoms with E-state index >= 15 is 0 Å². The maximum atomic E-state index is 2.79. The third kappa shape index (κ3) is 6.86. The van der Waals surface area contributed by atoms with E-state index in [4.69, 9.17) is 0 Å². The molecule has 0 radical (unpaired) electrons. The first-order valence-electron chi connectivity index (χ1n) is 3.01. The van der Waals surface area contributed by atoms with Crippen LogP contribution in [0.3, 0.4) is 0 Å². The second-order valence-corrected chi connectivity index (χ2v) is 13.4. The van der Waals surface area contributed by atoms with Gasteiger partial charge in [0.25, 0.3) is 0 Å². The van der Waals surface area contributed by atoms with Crippen molar-refractivity contribution >= 4 is 15.8 Å². The Morgan fingerprint density at radius 2 is 1.50 bits per heavy atom. The average molecular weight is 152 g/mol. The van der Waals surface area contributed by atoms with Gasteiger partial charge in [-0.2, -0.15) is 0 Å². The molecule has 0 rings (SSSR count). The molecule has 1 atom stereocenters. The van der Waals surface area contributed by atoms with Crippen LogP contribution in [-0.4, -0.2) is 39.0 Å². The van der Waals surface area contributed by atoms with Crippen molar-refractivity contribution in [2.24, 2.45) is 0 Å². The fourth-order valence-electron chi connectivity index (χ4n) is 0.516. The third-order valence-corrected chi connectivity index (χ3v) is 3.85. The molecule has 52 valence electrons. The minimum absolute atomic E-state index is 1.13. The molecule has 8 heavy (non-hydrogen) atoms. The van der Waals surface area contributed by atoms with Gasteiger partial charge in [-0.3, -0.25) is 0 Å². The van der Waals surface area contributed by atoms with E-state index < -0.39 is 6.60 Å². The zero-order valence-corrected chi connectivity index (χ0v) is 8.49. The van der Waals surface area contributed by atoms with Crippen molar-refractivity contribution in [1.82, 2.24) is 0 Å². The van der Waals surface area contributed by atoms with Gasteiger partial charge >= 0.3 is 54.8 Å². The Hall–Kier alpha value is 0.860. The van der Waals surface area contributed by atoms with Crippen LogP contribution < -0.4 is 0 Å².